The number of alkyl halides is 2. The summed E-state index contributed by atoms with van der Waals surface area (Å²) in [5.41, 5.74) is 1.13. The third kappa shape index (κ3) is 1.62. The molecule has 1 saturated carbocycles. The van der Waals surface area contributed by atoms with Gasteiger partial charge in [-0.15, -0.1) is 0 Å². The highest BCUT2D eigenvalue weighted by molar-refractivity contribution is 5.66. The van der Waals surface area contributed by atoms with Crippen molar-refractivity contribution < 1.29 is 18.7 Å². The minimum absolute atomic E-state index is 0.216. The molecule has 0 amide bonds. The van der Waals surface area contributed by atoms with Gasteiger partial charge in [-0.2, -0.15) is 5.10 Å². The molecule has 1 aromatic rings. The van der Waals surface area contributed by atoms with Gasteiger partial charge in [0.2, 0.25) is 0 Å². The Bertz CT molecular complexity index is 484. The SMILES string of the molecule is O=C(O)Cn1nc(C(F)F)c2c1C1CC1CC2. The van der Waals surface area contributed by atoms with Crippen molar-refractivity contribution in [3.05, 3.63) is 17.0 Å². The summed E-state index contributed by atoms with van der Waals surface area (Å²) in [6.45, 7) is -0.321. The number of carboxylic acids is 1. The van der Waals surface area contributed by atoms with Crippen molar-refractivity contribution in [3.63, 3.8) is 0 Å². The smallest absolute Gasteiger partial charge is 0.325 e. The monoisotopic (exact) mass is 242 g/mol. The van der Waals surface area contributed by atoms with Crippen LogP contribution in [-0.2, 0) is 17.8 Å². The minimum atomic E-state index is -2.62. The molecular formula is C11H12F2N2O2. The summed E-state index contributed by atoms with van der Waals surface area (Å²) < 4.78 is 26.9. The van der Waals surface area contributed by atoms with E-state index in [4.69, 9.17) is 5.11 Å². The van der Waals surface area contributed by atoms with Crippen LogP contribution in [0.5, 0.6) is 0 Å². The molecule has 6 heteroatoms. The molecule has 17 heavy (non-hydrogen) atoms. The van der Waals surface area contributed by atoms with Crippen LogP contribution >= 0.6 is 0 Å². The first kappa shape index (κ1) is 10.7. The Morgan fingerprint density at radius 3 is 3.00 bits per heavy atom. The predicted molar refractivity (Wildman–Crippen MR) is 54.0 cm³/mol. The zero-order valence-corrected chi connectivity index (χ0v) is 9.07. The lowest BCUT2D eigenvalue weighted by Crippen LogP contribution is -2.14. The summed E-state index contributed by atoms with van der Waals surface area (Å²) >= 11 is 0. The fourth-order valence-electron chi connectivity index (χ4n) is 2.86. The third-order valence-electron chi connectivity index (χ3n) is 3.66. The van der Waals surface area contributed by atoms with Crippen molar-refractivity contribution in [2.24, 2.45) is 5.92 Å². The van der Waals surface area contributed by atoms with Crippen molar-refractivity contribution >= 4 is 5.97 Å². The van der Waals surface area contributed by atoms with Crippen LogP contribution in [0.15, 0.2) is 0 Å². The van der Waals surface area contributed by atoms with Gasteiger partial charge < -0.3 is 5.11 Å². The van der Waals surface area contributed by atoms with Crippen LogP contribution in [-0.4, -0.2) is 20.9 Å². The average molecular weight is 242 g/mol. The molecule has 4 nitrogen and oxygen atoms in total. The Kier molecular flexibility index (Phi) is 2.21. The van der Waals surface area contributed by atoms with E-state index in [1.807, 2.05) is 0 Å². The first-order valence-corrected chi connectivity index (χ1v) is 5.67. The van der Waals surface area contributed by atoms with E-state index in [9.17, 15) is 13.6 Å². The van der Waals surface area contributed by atoms with Crippen molar-refractivity contribution in [3.8, 4) is 0 Å². The minimum Gasteiger partial charge on any atom is -0.480 e. The Morgan fingerprint density at radius 2 is 2.35 bits per heavy atom. The van der Waals surface area contributed by atoms with E-state index < -0.39 is 12.4 Å². The van der Waals surface area contributed by atoms with Crippen LogP contribution in [0, 0.1) is 5.92 Å². The van der Waals surface area contributed by atoms with E-state index in [0.717, 1.165) is 18.5 Å². The molecule has 0 radical (unpaired) electrons. The number of aliphatic carboxylic acids is 1. The molecule has 1 fully saturated rings. The Morgan fingerprint density at radius 1 is 1.59 bits per heavy atom. The highest BCUT2D eigenvalue weighted by Gasteiger charge is 2.46. The lowest BCUT2D eigenvalue weighted by molar-refractivity contribution is -0.137. The highest BCUT2D eigenvalue weighted by atomic mass is 19.3. The number of halogens is 2. The van der Waals surface area contributed by atoms with Gasteiger partial charge in [-0.3, -0.25) is 9.48 Å². The number of fused-ring (bicyclic) bond motifs is 3. The van der Waals surface area contributed by atoms with Crippen molar-refractivity contribution in [2.75, 3.05) is 0 Å². The Balaban J connectivity index is 2.06. The summed E-state index contributed by atoms with van der Waals surface area (Å²) in [5, 5.41) is 12.6. The van der Waals surface area contributed by atoms with Gasteiger partial charge in [0.15, 0.2) is 0 Å². The molecule has 92 valence electrons. The fourth-order valence-corrected chi connectivity index (χ4v) is 2.86. The van der Waals surface area contributed by atoms with Gasteiger partial charge in [0.1, 0.15) is 12.2 Å². The fraction of sp³-hybridized carbons (Fsp3) is 0.636. The lowest BCUT2D eigenvalue weighted by atomic mass is 9.96. The first-order chi connectivity index (χ1) is 8.08. The number of nitrogens with zero attached hydrogens (tertiary/aromatic N) is 2. The van der Waals surface area contributed by atoms with Crippen LogP contribution in [0.25, 0.3) is 0 Å². The summed E-state index contributed by atoms with van der Waals surface area (Å²) in [6.07, 6.45) is -0.0958. The van der Waals surface area contributed by atoms with E-state index in [1.165, 1.54) is 4.68 Å². The second-order valence-electron chi connectivity index (χ2n) is 4.74. The van der Waals surface area contributed by atoms with E-state index in [0.29, 0.717) is 17.9 Å². The second kappa shape index (κ2) is 3.51. The van der Waals surface area contributed by atoms with Crippen molar-refractivity contribution in [2.45, 2.75) is 38.2 Å². The van der Waals surface area contributed by atoms with E-state index in [-0.39, 0.29) is 18.2 Å². The first-order valence-electron chi connectivity index (χ1n) is 5.67. The zero-order chi connectivity index (χ0) is 12.2. The summed E-state index contributed by atoms with van der Waals surface area (Å²) in [7, 11) is 0. The maximum atomic E-state index is 12.8. The largest absolute Gasteiger partial charge is 0.480 e. The number of hydrogen-bond acceptors (Lipinski definition) is 2. The predicted octanol–water partition coefficient (Wildman–Crippen LogP) is 1.96. The van der Waals surface area contributed by atoms with Crippen LogP contribution in [0.4, 0.5) is 8.78 Å². The molecule has 0 spiro atoms. The van der Waals surface area contributed by atoms with E-state index in [1.54, 1.807) is 0 Å². The molecule has 2 aliphatic carbocycles. The van der Waals surface area contributed by atoms with Gasteiger partial charge in [-0.25, -0.2) is 8.78 Å². The number of aromatic nitrogens is 2. The average Bonchev–Trinajstić information content (AvgIpc) is 2.94. The van der Waals surface area contributed by atoms with Crippen LogP contribution in [0.2, 0.25) is 0 Å². The molecule has 0 aromatic carbocycles. The maximum Gasteiger partial charge on any atom is 0.325 e. The molecule has 2 atom stereocenters. The zero-order valence-electron chi connectivity index (χ0n) is 9.07. The molecule has 0 saturated heterocycles. The summed E-state index contributed by atoms with van der Waals surface area (Å²) in [6, 6.07) is 0. The van der Waals surface area contributed by atoms with Crippen LogP contribution in [0.3, 0.4) is 0 Å². The number of hydrogen-bond donors (Lipinski definition) is 1. The maximum absolute atomic E-state index is 12.8. The molecule has 1 aromatic heterocycles. The van der Waals surface area contributed by atoms with E-state index in [2.05, 4.69) is 5.10 Å². The molecule has 0 aliphatic heterocycles. The lowest BCUT2D eigenvalue weighted by Gasteiger charge is -2.12. The highest BCUT2D eigenvalue weighted by Crippen LogP contribution is 2.55. The molecule has 0 bridgehead atoms. The van der Waals surface area contributed by atoms with Gasteiger partial charge in [-0.1, -0.05) is 0 Å². The number of carbonyl (C=O) groups is 1. The quantitative estimate of drug-likeness (QED) is 0.881. The molecule has 3 rings (SSSR count). The number of rotatable bonds is 3. The molecular weight excluding hydrogens is 230 g/mol. The summed E-state index contributed by atoms with van der Waals surface area (Å²) in [4.78, 5) is 10.7. The van der Waals surface area contributed by atoms with Gasteiger partial charge in [0.25, 0.3) is 6.43 Å². The molecule has 2 aliphatic rings. The summed E-state index contributed by atoms with van der Waals surface area (Å²) in [5.74, 6) is -0.228. The van der Waals surface area contributed by atoms with Crippen LogP contribution < -0.4 is 0 Å². The third-order valence-corrected chi connectivity index (χ3v) is 3.66. The number of carboxylic acid groups (broad SMARTS) is 1. The molecule has 1 heterocycles. The second-order valence-corrected chi connectivity index (χ2v) is 4.74. The van der Waals surface area contributed by atoms with Gasteiger partial charge in [0, 0.05) is 17.2 Å². The molecule has 1 N–H and O–H groups in total. The standard InChI is InChI=1S/C11H12F2N2O2/c12-11(13)9-6-2-1-5-3-7(5)10(6)15(14-9)4-8(16)17/h5,7,11H,1-4H2,(H,16,17). The topological polar surface area (TPSA) is 55.1 Å². The van der Waals surface area contributed by atoms with E-state index >= 15 is 0 Å². The molecule has 2 unspecified atom stereocenters. The van der Waals surface area contributed by atoms with Gasteiger partial charge in [0.05, 0.1) is 0 Å². The van der Waals surface area contributed by atoms with Crippen LogP contribution in [0.1, 0.15) is 42.1 Å². The normalized spacial score (nSPS) is 25.6. The Hall–Kier alpha value is -1.46. The van der Waals surface area contributed by atoms with Gasteiger partial charge in [-0.05, 0) is 25.2 Å². The van der Waals surface area contributed by atoms with Gasteiger partial charge >= 0.3 is 5.97 Å². The Labute approximate surface area is 96.2 Å². The van der Waals surface area contributed by atoms with Crippen molar-refractivity contribution in [1.29, 1.82) is 0 Å². The van der Waals surface area contributed by atoms with Crippen molar-refractivity contribution in [1.82, 2.24) is 9.78 Å².